The Labute approximate surface area is 137 Å². The van der Waals surface area contributed by atoms with Gasteiger partial charge in [0.15, 0.2) is 5.79 Å². The normalized spacial score (nSPS) is 35.7. The van der Waals surface area contributed by atoms with E-state index in [2.05, 4.69) is 48.5 Å². The third kappa shape index (κ3) is 3.35. The molecule has 4 heteroatoms. The number of nitrogens with zero attached hydrogens (tertiary/aromatic N) is 1. The monoisotopic (exact) mass is 315 g/mol. The fourth-order valence-corrected chi connectivity index (χ4v) is 3.71. The molecule has 0 radical (unpaired) electrons. The smallest absolute Gasteiger partial charge is 0.174 e. The zero-order valence-electron chi connectivity index (χ0n) is 15.7. The van der Waals surface area contributed by atoms with Gasteiger partial charge in [0.05, 0.1) is 5.54 Å². The maximum absolute atomic E-state index is 10.9. The van der Waals surface area contributed by atoms with Gasteiger partial charge in [-0.05, 0) is 39.5 Å². The van der Waals surface area contributed by atoms with Gasteiger partial charge in [0, 0.05) is 31.1 Å². The minimum atomic E-state index is -0.610. The maximum atomic E-state index is 10.9. The molecule has 4 nitrogen and oxygen atoms in total. The summed E-state index contributed by atoms with van der Waals surface area (Å²) in [5.74, 6) is -0.520. The Morgan fingerprint density at radius 3 is 1.86 bits per heavy atom. The second-order valence-electron chi connectivity index (χ2n) is 7.28. The highest BCUT2D eigenvalue weighted by atomic mass is 16.7. The first-order chi connectivity index (χ1) is 10.3. The SMILES string of the molecule is CCCOC1(OCCC)CC(C)(CC)N(O)C(C)(CC)C1C. The molecule has 1 saturated heterocycles. The van der Waals surface area contributed by atoms with Crippen molar-refractivity contribution in [2.24, 2.45) is 5.92 Å². The second-order valence-corrected chi connectivity index (χ2v) is 7.28. The molecule has 0 spiro atoms. The molecule has 1 heterocycles. The van der Waals surface area contributed by atoms with Crippen LogP contribution in [0.15, 0.2) is 0 Å². The summed E-state index contributed by atoms with van der Waals surface area (Å²) in [6.45, 7) is 16.3. The van der Waals surface area contributed by atoms with Crippen molar-refractivity contribution in [1.29, 1.82) is 0 Å². The van der Waals surface area contributed by atoms with E-state index in [1.165, 1.54) is 0 Å². The van der Waals surface area contributed by atoms with E-state index in [1.54, 1.807) is 5.06 Å². The summed E-state index contributed by atoms with van der Waals surface area (Å²) >= 11 is 0. The van der Waals surface area contributed by atoms with Crippen molar-refractivity contribution in [2.45, 2.75) is 97.4 Å². The van der Waals surface area contributed by atoms with Crippen LogP contribution < -0.4 is 0 Å². The zero-order valence-corrected chi connectivity index (χ0v) is 15.7. The Bertz CT molecular complexity index is 341. The van der Waals surface area contributed by atoms with Crippen LogP contribution in [0.5, 0.6) is 0 Å². The first-order valence-electron chi connectivity index (χ1n) is 9.03. The van der Waals surface area contributed by atoms with E-state index in [0.29, 0.717) is 19.6 Å². The van der Waals surface area contributed by atoms with Crippen LogP contribution in [-0.4, -0.2) is 40.3 Å². The molecule has 1 aliphatic heterocycles. The lowest BCUT2D eigenvalue weighted by Gasteiger charge is -2.61. The van der Waals surface area contributed by atoms with E-state index in [1.807, 2.05) is 0 Å². The summed E-state index contributed by atoms with van der Waals surface area (Å²) in [5.41, 5.74) is -0.691. The van der Waals surface area contributed by atoms with Gasteiger partial charge in [-0.1, -0.05) is 34.6 Å². The molecule has 22 heavy (non-hydrogen) atoms. The van der Waals surface area contributed by atoms with E-state index in [0.717, 1.165) is 25.7 Å². The van der Waals surface area contributed by atoms with Gasteiger partial charge in [0.25, 0.3) is 0 Å². The number of piperidine rings is 1. The van der Waals surface area contributed by atoms with E-state index in [4.69, 9.17) is 9.47 Å². The minimum absolute atomic E-state index is 0.0905. The number of hydrogen-bond acceptors (Lipinski definition) is 4. The van der Waals surface area contributed by atoms with Gasteiger partial charge in [-0.25, -0.2) is 0 Å². The number of ether oxygens (including phenoxy) is 2. The molecule has 0 aromatic heterocycles. The fraction of sp³-hybridized carbons (Fsp3) is 1.00. The molecule has 132 valence electrons. The molecule has 0 saturated carbocycles. The predicted octanol–water partition coefficient (Wildman–Crippen LogP) is 4.60. The molecule has 0 aromatic rings. The van der Waals surface area contributed by atoms with Gasteiger partial charge in [-0.15, -0.1) is 0 Å². The van der Waals surface area contributed by atoms with Gasteiger partial charge >= 0.3 is 0 Å². The topological polar surface area (TPSA) is 41.9 Å². The number of hydrogen-bond donors (Lipinski definition) is 1. The molecule has 3 atom stereocenters. The van der Waals surface area contributed by atoms with E-state index < -0.39 is 5.79 Å². The van der Waals surface area contributed by atoms with Crippen LogP contribution in [0.3, 0.4) is 0 Å². The van der Waals surface area contributed by atoms with Crippen molar-refractivity contribution in [3.63, 3.8) is 0 Å². The summed E-state index contributed by atoms with van der Waals surface area (Å²) in [7, 11) is 0. The van der Waals surface area contributed by atoms with E-state index >= 15 is 0 Å². The third-order valence-electron chi connectivity index (χ3n) is 5.79. The van der Waals surface area contributed by atoms with Gasteiger partial charge in [-0.3, -0.25) is 0 Å². The van der Waals surface area contributed by atoms with Crippen molar-refractivity contribution < 1.29 is 14.7 Å². The molecule has 3 unspecified atom stereocenters. The molecule has 1 fully saturated rings. The lowest BCUT2D eigenvalue weighted by Crippen LogP contribution is -2.71. The summed E-state index contributed by atoms with van der Waals surface area (Å²) < 4.78 is 12.6. The van der Waals surface area contributed by atoms with Crippen LogP contribution in [0.25, 0.3) is 0 Å². The summed E-state index contributed by atoms with van der Waals surface area (Å²) in [6.07, 6.45) is 4.35. The highest BCUT2D eigenvalue weighted by Gasteiger charge is 2.60. The molecule has 0 bridgehead atoms. The molecular weight excluding hydrogens is 278 g/mol. The standard InChI is InChI=1S/C18H37NO3/c1-8-12-21-18(22-13-9-2)14-16(6,10-3)19(20)17(7,11-4)15(18)5/h15,20H,8-14H2,1-7H3. The summed E-state index contributed by atoms with van der Waals surface area (Å²) in [4.78, 5) is 0. The van der Waals surface area contributed by atoms with Gasteiger partial charge in [0.2, 0.25) is 0 Å². The molecule has 0 aromatic carbocycles. The predicted molar refractivity (Wildman–Crippen MR) is 90.0 cm³/mol. The van der Waals surface area contributed by atoms with Crippen LogP contribution in [0.4, 0.5) is 0 Å². The Balaban J connectivity index is 3.27. The number of hydroxylamine groups is 2. The Morgan fingerprint density at radius 2 is 1.50 bits per heavy atom. The van der Waals surface area contributed by atoms with Crippen molar-refractivity contribution in [3.05, 3.63) is 0 Å². The van der Waals surface area contributed by atoms with Crippen LogP contribution >= 0.6 is 0 Å². The lowest BCUT2D eigenvalue weighted by atomic mass is 9.67. The van der Waals surface area contributed by atoms with Crippen LogP contribution in [-0.2, 0) is 9.47 Å². The van der Waals surface area contributed by atoms with Crippen LogP contribution in [0.1, 0.15) is 80.6 Å². The molecule has 1 rings (SSSR count). The quantitative estimate of drug-likeness (QED) is 0.664. The molecular formula is C18H37NO3. The van der Waals surface area contributed by atoms with Crippen LogP contribution in [0.2, 0.25) is 0 Å². The highest BCUT2D eigenvalue weighted by Crippen LogP contribution is 2.51. The van der Waals surface area contributed by atoms with E-state index in [9.17, 15) is 5.21 Å². The Kier molecular flexibility index (Phi) is 6.88. The van der Waals surface area contributed by atoms with E-state index in [-0.39, 0.29) is 17.0 Å². The number of rotatable bonds is 8. The van der Waals surface area contributed by atoms with Crippen molar-refractivity contribution >= 4 is 0 Å². The Hall–Kier alpha value is -0.160. The molecule has 0 amide bonds. The average Bonchev–Trinajstić information content (AvgIpc) is 2.54. The zero-order chi connectivity index (χ0) is 17.0. The van der Waals surface area contributed by atoms with Gasteiger partial charge in [0.1, 0.15) is 0 Å². The van der Waals surface area contributed by atoms with Crippen molar-refractivity contribution in [2.75, 3.05) is 13.2 Å². The molecule has 1 aliphatic rings. The van der Waals surface area contributed by atoms with Crippen LogP contribution in [0, 0.1) is 5.92 Å². The molecule has 1 N–H and O–H groups in total. The first kappa shape index (κ1) is 19.9. The summed E-state index contributed by atoms with van der Waals surface area (Å²) in [5, 5.41) is 12.5. The average molecular weight is 315 g/mol. The van der Waals surface area contributed by atoms with Gasteiger partial charge in [-0.2, -0.15) is 5.06 Å². The minimum Gasteiger partial charge on any atom is -0.349 e. The largest absolute Gasteiger partial charge is 0.349 e. The summed E-state index contributed by atoms with van der Waals surface area (Å²) in [6, 6.07) is 0. The lowest BCUT2D eigenvalue weighted by molar-refractivity contribution is -0.375. The third-order valence-corrected chi connectivity index (χ3v) is 5.79. The second kappa shape index (κ2) is 7.61. The Morgan fingerprint density at radius 1 is 1.00 bits per heavy atom. The maximum Gasteiger partial charge on any atom is 0.174 e. The van der Waals surface area contributed by atoms with Gasteiger partial charge < -0.3 is 14.7 Å². The highest BCUT2D eigenvalue weighted by molar-refractivity contribution is 5.07. The fourth-order valence-electron chi connectivity index (χ4n) is 3.71. The van der Waals surface area contributed by atoms with Crippen molar-refractivity contribution in [3.8, 4) is 0 Å². The van der Waals surface area contributed by atoms with Crippen molar-refractivity contribution in [1.82, 2.24) is 5.06 Å². The first-order valence-corrected chi connectivity index (χ1v) is 9.03. The molecule has 0 aliphatic carbocycles.